The number of hydrogen-bond donors (Lipinski definition) is 2. The van der Waals surface area contributed by atoms with Crippen LogP contribution in [0.2, 0.25) is 4.34 Å². The number of aromatic nitrogens is 2. The molecular weight excluding hydrogens is 361 g/mol. The number of piperidine rings is 1. The highest BCUT2D eigenvalue weighted by molar-refractivity contribution is 7.16. The van der Waals surface area contributed by atoms with Crippen LogP contribution in [-0.4, -0.2) is 40.9 Å². The molecule has 0 saturated carbocycles. The van der Waals surface area contributed by atoms with Crippen molar-refractivity contribution in [2.45, 2.75) is 31.5 Å². The number of anilines is 1. The fourth-order valence-corrected chi connectivity index (χ4v) is 3.93. The van der Waals surface area contributed by atoms with E-state index in [-0.39, 0.29) is 5.92 Å². The number of likely N-dealkylation sites (tertiary alicyclic amines) is 1. The van der Waals surface area contributed by atoms with Gasteiger partial charge in [0.25, 0.3) is 0 Å². The van der Waals surface area contributed by atoms with Gasteiger partial charge in [0, 0.05) is 16.9 Å². The molecule has 0 amide bonds. The van der Waals surface area contributed by atoms with E-state index in [4.69, 9.17) is 11.6 Å². The third-order valence-electron chi connectivity index (χ3n) is 4.09. The average Bonchev–Trinajstić information content (AvgIpc) is 3.13. The number of hydrogen-bond acceptors (Lipinski definition) is 4. The first-order valence-electron chi connectivity index (χ1n) is 7.71. The van der Waals surface area contributed by atoms with Crippen molar-refractivity contribution in [3.05, 3.63) is 33.1 Å². The van der Waals surface area contributed by atoms with Crippen LogP contribution in [0, 0.1) is 0 Å². The molecule has 9 heteroatoms. The first-order chi connectivity index (χ1) is 11.4. The van der Waals surface area contributed by atoms with Crippen molar-refractivity contribution in [2.75, 3.05) is 25.0 Å². The van der Waals surface area contributed by atoms with E-state index < -0.39 is 12.7 Å². The molecule has 2 aromatic heterocycles. The second-order valence-electron chi connectivity index (χ2n) is 5.93. The number of H-pyrrole nitrogens is 1. The smallest absolute Gasteiger partial charge is 0.366 e. The highest BCUT2D eigenvalue weighted by Gasteiger charge is 2.33. The molecule has 1 saturated heterocycles. The number of rotatable bonds is 5. The highest BCUT2D eigenvalue weighted by Crippen LogP contribution is 2.30. The SMILES string of the molecule is FC(F)(F)CN1CCC(c2cc(NCc3ccc(Cl)s3)[nH]n2)CC1. The summed E-state index contributed by atoms with van der Waals surface area (Å²) < 4.78 is 38.0. The largest absolute Gasteiger partial charge is 0.401 e. The zero-order chi connectivity index (χ0) is 17.2. The number of aromatic amines is 1. The van der Waals surface area contributed by atoms with Crippen molar-refractivity contribution in [3.8, 4) is 0 Å². The molecule has 0 spiro atoms. The van der Waals surface area contributed by atoms with E-state index in [1.54, 1.807) is 0 Å². The predicted molar refractivity (Wildman–Crippen MR) is 89.7 cm³/mol. The maximum Gasteiger partial charge on any atom is 0.401 e. The van der Waals surface area contributed by atoms with Crippen molar-refractivity contribution in [1.29, 1.82) is 0 Å². The van der Waals surface area contributed by atoms with E-state index >= 15 is 0 Å². The molecule has 3 rings (SSSR count). The average molecular weight is 379 g/mol. The van der Waals surface area contributed by atoms with Gasteiger partial charge in [-0.3, -0.25) is 10.00 Å². The van der Waals surface area contributed by atoms with Gasteiger partial charge in [0.1, 0.15) is 5.82 Å². The first kappa shape index (κ1) is 17.6. The van der Waals surface area contributed by atoms with E-state index in [9.17, 15) is 13.2 Å². The summed E-state index contributed by atoms with van der Waals surface area (Å²) in [6, 6.07) is 5.77. The van der Waals surface area contributed by atoms with Gasteiger partial charge in [-0.25, -0.2) is 0 Å². The minimum absolute atomic E-state index is 0.206. The first-order valence-corrected chi connectivity index (χ1v) is 8.91. The predicted octanol–water partition coefficient (Wildman–Crippen LogP) is 4.48. The third kappa shape index (κ3) is 4.87. The van der Waals surface area contributed by atoms with Crippen LogP contribution in [0.3, 0.4) is 0 Å². The van der Waals surface area contributed by atoms with Crippen molar-refractivity contribution < 1.29 is 13.2 Å². The van der Waals surface area contributed by atoms with Crippen molar-refractivity contribution in [1.82, 2.24) is 15.1 Å². The van der Waals surface area contributed by atoms with E-state index in [1.165, 1.54) is 16.2 Å². The molecule has 1 aliphatic rings. The maximum atomic E-state index is 12.4. The van der Waals surface area contributed by atoms with Gasteiger partial charge in [0.2, 0.25) is 0 Å². The van der Waals surface area contributed by atoms with Gasteiger partial charge in [0.15, 0.2) is 0 Å². The highest BCUT2D eigenvalue weighted by atomic mass is 35.5. The molecule has 3 heterocycles. The Hall–Kier alpha value is -1.25. The molecule has 0 unspecified atom stereocenters. The Kier molecular flexibility index (Phi) is 5.36. The van der Waals surface area contributed by atoms with E-state index in [0.717, 1.165) is 20.7 Å². The molecule has 24 heavy (non-hydrogen) atoms. The topological polar surface area (TPSA) is 44.0 Å². The Labute approximate surface area is 147 Å². The van der Waals surface area contributed by atoms with Gasteiger partial charge in [-0.1, -0.05) is 11.6 Å². The molecule has 4 nitrogen and oxygen atoms in total. The summed E-state index contributed by atoms with van der Waals surface area (Å²) in [7, 11) is 0. The number of thiophene rings is 1. The fraction of sp³-hybridized carbons (Fsp3) is 0.533. The summed E-state index contributed by atoms with van der Waals surface area (Å²) in [5.74, 6) is 1.02. The third-order valence-corrected chi connectivity index (χ3v) is 5.32. The van der Waals surface area contributed by atoms with Gasteiger partial charge < -0.3 is 5.32 Å². The molecule has 1 fully saturated rings. The van der Waals surface area contributed by atoms with Crippen LogP contribution in [0.15, 0.2) is 18.2 Å². The molecule has 1 aliphatic heterocycles. The Morgan fingerprint density at radius 2 is 2.08 bits per heavy atom. The monoisotopic (exact) mass is 378 g/mol. The minimum Gasteiger partial charge on any atom is -0.366 e. The van der Waals surface area contributed by atoms with E-state index in [2.05, 4.69) is 15.5 Å². The van der Waals surface area contributed by atoms with Crippen LogP contribution in [0.25, 0.3) is 0 Å². The van der Waals surface area contributed by atoms with E-state index in [0.29, 0.717) is 32.5 Å². The van der Waals surface area contributed by atoms with Crippen LogP contribution in [0.5, 0.6) is 0 Å². The number of alkyl halides is 3. The van der Waals surface area contributed by atoms with Crippen LogP contribution in [-0.2, 0) is 6.54 Å². The Balaban J connectivity index is 1.49. The number of halogens is 4. The van der Waals surface area contributed by atoms with Gasteiger partial charge in [-0.05, 0) is 38.1 Å². The summed E-state index contributed by atoms with van der Waals surface area (Å²) in [5.41, 5.74) is 0.911. The lowest BCUT2D eigenvalue weighted by molar-refractivity contribution is -0.147. The molecule has 0 aromatic carbocycles. The molecule has 0 aliphatic carbocycles. The number of nitrogens with zero attached hydrogens (tertiary/aromatic N) is 2. The number of nitrogens with one attached hydrogen (secondary N) is 2. The zero-order valence-electron chi connectivity index (χ0n) is 12.9. The quantitative estimate of drug-likeness (QED) is 0.806. The van der Waals surface area contributed by atoms with Crippen molar-refractivity contribution >= 4 is 28.8 Å². The van der Waals surface area contributed by atoms with Gasteiger partial charge in [-0.15, -0.1) is 11.3 Å². The van der Waals surface area contributed by atoms with Crippen molar-refractivity contribution in [3.63, 3.8) is 0 Å². The molecule has 2 aromatic rings. The molecule has 132 valence electrons. The van der Waals surface area contributed by atoms with Gasteiger partial charge >= 0.3 is 6.18 Å². The van der Waals surface area contributed by atoms with Crippen molar-refractivity contribution in [2.24, 2.45) is 0 Å². The summed E-state index contributed by atoms with van der Waals surface area (Å²) in [4.78, 5) is 2.58. The van der Waals surface area contributed by atoms with Gasteiger partial charge in [-0.2, -0.15) is 18.3 Å². The summed E-state index contributed by atoms with van der Waals surface area (Å²) in [5, 5.41) is 10.5. The van der Waals surface area contributed by atoms with Crippen LogP contribution in [0.4, 0.5) is 19.0 Å². The Morgan fingerprint density at radius 1 is 1.33 bits per heavy atom. The lowest BCUT2D eigenvalue weighted by atomic mass is 9.93. The summed E-state index contributed by atoms with van der Waals surface area (Å²) in [6.45, 7) is 0.737. The lowest BCUT2D eigenvalue weighted by Crippen LogP contribution is -2.39. The van der Waals surface area contributed by atoms with E-state index in [1.807, 2.05) is 18.2 Å². The Bertz CT molecular complexity index is 662. The summed E-state index contributed by atoms with van der Waals surface area (Å²) in [6.07, 6.45) is -2.73. The normalized spacial score (nSPS) is 17.3. The fourth-order valence-electron chi connectivity index (χ4n) is 2.91. The van der Waals surface area contributed by atoms with Crippen LogP contribution >= 0.6 is 22.9 Å². The standard InChI is InChI=1S/C15H18ClF3N4S/c16-13-2-1-11(24-13)8-20-14-7-12(21-22-14)10-3-5-23(6-4-10)9-15(17,18)19/h1-2,7,10H,3-6,8-9H2,(H2,20,21,22). The maximum absolute atomic E-state index is 12.4. The molecule has 0 radical (unpaired) electrons. The van der Waals surface area contributed by atoms with Crippen LogP contribution in [0.1, 0.15) is 29.3 Å². The van der Waals surface area contributed by atoms with Gasteiger partial charge in [0.05, 0.1) is 23.1 Å². The second-order valence-corrected chi connectivity index (χ2v) is 7.73. The Morgan fingerprint density at radius 3 is 2.71 bits per heavy atom. The summed E-state index contributed by atoms with van der Waals surface area (Å²) >= 11 is 7.41. The molecule has 0 bridgehead atoms. The van der Waals surface area contributed by atoms with Crippen LogP contribution < -0.4 is 5.32 Å². The molecular formula is C15H18ClF3N4S. The second kappa shape index (κ2) is 7.33. The lowest BCUT2D eigenvalue weighted by Gasteiger charge is -2.31. The minimum atomic E-state index is -4.12. The zero-order valence-corrected chi connectivity index (χ0v) is 14.4. The molecule has 2 N–H and O–H groups in total. The molecule has 0 atom stereocenters.